The van der Waals surface area contributed by atoms with Gasteiger partial charge in [-0.05, 0) is 30.2 Å². The van der Waals surface area contributed by atoms with E-state index in [1.165, 1.54) is 5.56 Å². The van der Waals surface area contributed by atoms with Gasteiger partial charge in [0.05, 0.1) is 5.52 Å². The molecular weight excluding hydrogens is 248 g/mol. The Kier molecular flexibility index (Phi) is 3.42. The van der Waals surface area contributed by atoms with Crippen LogP contribution in [0.2, 0.25) is 0 Å². The fourth-order valence-electron chi connectivity index (χ4n) is 2.37. The zero-order chi connectivity index (χ0) is 13.9. The molecule has 0 saturated carbocycles. The van der Waals surface area contributed by atoms with Gasteiger partial charge in [0, 0.05) is 12.4 Å². The monoisotopic (exact) mass is 266 g/mol. The predicted octanol–water partition coefficient (Wildman–Crippen LogP) is 3.71. The molecule has 0 amide bonds. The fourth-order valence-corrected chi connectivity index (χ4v) is 2.37. The van der Waals surface area contributed by atoms with Gasteiger partial charge < -0.3 is 4.74 Å². The summed E-state index contributed by atoms with van der Waals surface area (Å²) in [7, 11) is 1.96. The minimum absolute atomic E-state index is 0.493. The molecule has 3 rings (SSSR count). The van der Waals surface area contributed by atoms with Crippen LogP contribution in [0.3, 0.4) is 0 Å². The first-order valence-electron chi connectivity index (χ1n) is 6.90. The van der Waals surface area contributed by atoms with Crippen LogP contribution in [0, 0.1) is 0 Å². The predicted molar refractivity (Wildman–Crippen MR) is 80.9 cm³/mol. The van der Waals surface area contributed by atoms with Crippen LogP contribution in [0.4, 0.5) is 0 Å². The molecule has 1 aromatic heterocycles. The maximum Gasteiger partial charge on any atom is 0.133 e. The van der Waals surface area contributed by atoms with Crippen molar-refractivity contribution in [3.8, 4) is 5.75 Å². The van der Waals surface area contributed by atoms with Crippen LogP contribution in [0.25, 0.3) is 10.9 Å². The summed E-state index contributed by atoms with van der Waals surface area (Å²) >= 11 is 0. The number of hydrogen-bond donors (Lipinski definition) is 0. The second-order valence-electron chi connectivity index (χ2n) is 4.87. The highest BCUT2D eigenvalue weighted by molar-refractivity contribution is 5.81. The van der Waals surface area contributed by atoms with E-state index in [0.29, 0.717) is 6.61 Å². The van der Waals surface area contributed by atoms with Crippen molar-refractivity contribution in [2.24, 2.45) is 7.05 Å². The highest BCUT2D eigenvalue weighted by Crippen LogP contribution is 2.20. The minimum atomic E-state index is 0.493. The van der Waals surface area contributed by atoms with Crippen LogP contribution < -0.4 is 4.74 Å². The Bertz CT molecular complexity index is 713. The van der Waals surface area contributed by atoms with Crippen LogP contribution in [0.5, 0.6) is 5.75 Å². The summed E-state index contributed by atoms with van der Waals surface area (Å²) < 4.78 is 7.73. The van der Waals surface area contributed by atoms with E-state index in [2.05, 4.69) is 36.3 Å². The smallest absolute Gasteiger partial charge is 0.133 e. The van der Waals surface area contributed by atoms with Crippen molar-refractivity contribution in [3.63, 3.8) is 0 Å². The van der Waals surface area contributed by atoms with Crippen molar-refractivity contribution in [1.29, 1.82) is 0 Å². The molecule has 20 heavy (non-hydrogen) atoms. The van der Waals surface area contributed by atoms with Crippen LogP contribution in [-0.2, 0) is 20.1 Å². The standard InChI is InChI=1S/C17H18N2O/c1-3-13-8-10-14(11-9-13)20-12-16-15-6-4-5-7-17(15)19(2)18-16/h4-11H,3,12H2,1-2H3. The van der Waals surface area contributed by atoms with Gasteiger partial charge in [0.15, 0.2) is 0 Å². The Hall–Kier alpha value is -2.29. The lowest BCUT2D eigenvalue weighted by atomic mass is 10.2. The molecule has 0 saturated heterocycles. The molecule has 0 bridgehead atoms. The molecule has 0 radical (unpaired) electrons. The van der Waals surface area contributed by atoms with Gasteiger partial charge in [-0.2, -0.15) is 5.10 Å². The molecule has 0 aliphatic carbocycles. The van der Waals surface area contributed by atoms with Gasteiger partial charge in [0.25, 0.3) is 0 Å². The Morgan fingerprint density at radius 3 is 2.55 bits per heavy atom. The third-order valence-corrected chi connectivity index (χ3v) is 3.54. The number of para-hydroxylation sites is 1. The summed E-state index contributed by atoms with van der Waals surface area (Å²) in [6.45, 7) is 2.64. The number of fused-ring (bicyclic) bond motifs is 1. The van der Waals surface area contributed by atoms with E-state index < -0.39 is 0 Å². The van der Waals surface area contributed by atoms with Gasteiger partial charge >= 0.3 is 0 Å². The topological polar surface area (TPSA) is 27.1 Å². The summed E-state index contributed by atoms with van der Waals surface area (Å²) in [4.78, 5) is 0. The fraction of sp³-hybridized carbons (Fsp3) is 0.235. The van der Waals surface area contributed by atoms with Crippen molar-refractivity contribution in [1.82, 2.24) is 9.78 Å². The van der Waals surface area contributed by atoms with Crippen molar-refractivity contribution >= 4 is 10.9 Å². The number of aromatic nitrogens is 2. The minimum Gasteiger partial charge on any atom is -0.487 e. The molecule has 3 aromatic rings. The molecular formula is C17H18N2O. The molecule has 0 unspecified atom stereocenters. The largest absolute Gasteiger partial charge is 0.487 e. The molecule has 0 aliphatic rings. The number of nitrogens with zero attached hydrogens (tertiary/aromatic N) is 2. The quantitative estimate of drug-likeness (QED) is 0.719. The zero-order valence-corrected chi connectivity index (χ0v) is 11.8. The molecule has 0 aliphatic heterocycles. The van der Waals surface area contributed by atoms with Crippen molar-refractivity contribution in [2.45, 2.75) is 20.0 Å². The van der Waals surface area contributed by atoms with E-state index in [9.17, 15) is 0 Å². The Balaban J connectivity index is 1.79. The van der Waals surface area contributed by atoms with E-state index in [4.69, 9.17) is 4.74 Å². The molecule has 0 fully saturated rings. The lowest BCUT2D eigenvalue weighted by Crippen LogP contribution is -1.98. The van der Waals surface area contributed by atoms with E-state index in [1.54, 1.807) is 0 Å². The van der Waals surface area contributed by atoms with Crippen LogP contribution in [0.15, 0.2) is 48.5 Å². The maximum absolute atomic E-state index is 5.84. The molecule has 0 spiro atoms. The lowest BCUT2D eigenvalue weighted by molar-refractivity contribution is 0.301. The first kappa shape index (κ1) is 12.7. The molecule has 0 N–H and O–H groups in total. The van der Waals surface area contributed by atoms with Gasteiger partial charge in [0.2, 0.25) is 0 Å². The first-order valence-corrected chi connectivity index (χ1v) is 6.90. The van der Waals surface area contributed by atoms with Crippen molar-refractivity contribution < 1.29 is 4.74 Å². The second kappa shape index (κ2) is 5.37. The highest BCUT2D eigenvalue weighted by Gasteiger charge is 2.08. The third-order valence-electron chi connectivity index (χ3n) is 3.54. The Morgan fingerprint density at radius 2 is 1.80 bits per heavy atom. The SMILES string of the molecule is CCc1ccc(OCc2nn(C)c3ccccc23)cc1. The van der Waals surface area contributed by atoms with Crippen LogP contribution in [0.1, 0.15) is 18.2 Å². The molecule has 2 aromatic carbocycles. The maximum atomic E-state index is 5.84. The zero-order valence-electron chi connectivity index (χ0n) is 11.8. The van der Waals surface area contributed by atoms with E-state index in [-0.39, 0.29) is 0 Å². The van der Waals surface area contributed by atoms with Gasteiger partial charge in [-0.25, -0.2) is 0 Å². The van der Waals surface area contributed by atoms with Gasteiger partial charge in [0.1, 0.15) is 18.1 Å². The number of benzene rings is 2. The Labute approximate surface area is 118 Å². The van der Waals surface area contributed by atoms with Crippen LogP contribution in [-0.4, -0.2) is 9.78 Å². The molecule has 3 nitrogen and oxygen atoms in total. The lowest BCUT2D eigenvalue weighted by Gasteiger charge is -2.05. The number of aryl methyl sites for hydroxylation is 2. The van der Waals surface area contributed by atoms with Crippen molar-refractivity contribution in [3.05, 3.63) is 59.8 Å². The summed E-state index contributed by atoms with van der Waals surface area (Å²) in [5, 5.41) is 5.68. The van der Waals surface area contributed by atoms with Gasteiger partial charge in [-0.3, -0.25) is 4.68 Å². The highest BCUT2D eigenvalue weighted by atomic mass is 16.5. The van der Waals surface area contributed by atoms with Crippen LogP contribution >= 0.6 is 0 Å². The second-order valence-corrected chi connectivity index (χ2v) is 4.87. The number of rotatable bonds is 4. The summed E-state index contributed by atoms with van der Waals surface area (Å²) in [6.07, 6.45) is 1.05. The molecule has 1 heterocycles. The Morgan fingerprint density at radius 1 is 1.05 bits per heavy atom. The van der Waals surface area contributed by atoms with Gasteiger partial charge in [-0.1, -0.05) is 37.3 Å². The normalized spacial score (nSPS) is 10.9. The summed E-state index contributed by atoms with van der Waals surface area (Å²) in [5.74, 6) is 0.886. The van der Waals surface area contributed by atoms with E-state index >= 15 is 0 Å². The van der Waals surface area contributed by atoms with Crippen molar-refractivity contribution in [2.75, 3.05) is 0 Å². The third kappa shape index (κ3) is 2.39. The van der Waals surface area contributed by atoms with Gasteiger partial charge in [-0.15, -0.1) is 0 Å². The molecule has 0 atom stereocenters. The summed E-state index contributed by atoms with van der Waals surface area (Å²) in [6, 6.07) is 16.5. The average molecular weight is 266 g/mol. The molecule has 102 valence electrons. The number of ether oxygens (including phenoxy) is 1. The van der Waals surface area contributed by atoms with E-state index in [0.717, 1.165) is 28.8 Å². The number of hydrogen-bond acceptors (Lipinski definition) is 2. The summed E-state index contributed by atoms with van der Waals surface area (Å²) in [5.41, 5.74) is 3.43. The first-order chi connectivity index (χ1) is 9.78. The van der Waals surface area contributed by atoms with E-state index in [1.807, 2.05) is 36.0 Å². The average Bonchev–Trinajstić information content (AvgIpc) is 2.83. The molecule has 3 heteroatoms.